The maximum atomic E-state index is 12.6. The first kappa shape index (κ1) is 16.7. The summed E-state index contributed by atoms with van der Waals surface area (Å²) in [7, 11) is 0. The molecule has 1 amide bonds. The molecule has 1 unspecified atom stereocenters. The van der Waals surface area contributed by atoms with E-state index in [1.807, 2.05) is 41.3 Å². The molecule has 1 saturated heterocycles. The van der Waals surface area contributed by atoms with Gasteiger partial charge in [-0.2, -0.15) is 0 Å². The van der Waals surface area contributed by atoms with E-state index in [-0.39, 0.29) is 12.3 Å². The van der Waals surface area contributed by atoms with Gasteiger partial charge in [0.15, 0.2) is 0 Å². The smallest absolute Gasteiger partial charge is 0.225 e. The van der Waals surface area contributed by atoms with Crippen molar-refractivity contribution >= 4 is 5.91 Å². The Balaban J connectivity index is 1.57. The summed E-state index contributed by atoms with van der Waals surface area (Å²) < 4.78 is 0. The molecule has 1 N–H and O–H groups in total. The van der Waals surface area contributed by atoms with Crippen LogP contribution in [0.15, 0.2) is 60.7 Å². The molecule has 0 spiro atoms. The van der Waals surface area contributed by atoms with Gasteiger partial charge in [0.05, 0.1) is 12.0 Å². The maximum Gasteiger partial charge on any atom is 0.225 e. The van der Waals surface area contributed by atoms with E-state index in [1.54, 1.807) is 6.92 Å². The average molecular weight is 323 g/mol. The second kappa shape index (κ2) is 7.18. The summed E-state index contributed by atoms with van der Waals surface area (Å²) >= 11 is 0. The van der Waals surface area contributed by atoms with Gasteiger partial charge in [-0.15, -0.1) is 0 Å². The summed E-state index contributed by atoms with van der Waals surface area (Å²) in [6.07, 6.45) is 2.11. The van der Waals surface area contributed by atoms with E-state index in [4.69, 9.17) is 0 Å². The van der Waals surface area contributed by atoms with Gasteiger partial charge in [0.25, 0.3) is 0 Å². The van der Waals surface area contributed by atoms with Gasteiger partial charge in [-0.25, -0.2) is 0 Å². The fourth-order valence-corrected chi connectivity index (χ4v) is 3.49. The molecule has 3 rings (SSSR count). The predicted octanol–water partition coefficient (Wildman–Crippen LogP) is 3.69. The zero-order chi connectivity index (χ0) is 17.0. The van der Waals surface area contributed by atoms with Gasteiger partial charge in [0.2, 0.25) is 5.91 Å². The van der Waals surface area contributed by atoms with E-state index in [9.17, 15) is 9.90 Å². The van der Waals surface area contributed by atoms with Crippen LogP contribution in [0.4, 0.5) is 0 Å². The fourth-order valence-electron chi connectivity index (χ4n) is 3.49. The van der Waals surface area contributed by atoms with Crippen molar-refractivity contribution in [2.24, 2.45) is 0 Å². The zero-order valence-corrected chi connectivity index (χ0v) is 14.2. The van der Waals surface area contributed by atoms with Crippen molar-refractivity contribution in [3.63, 3.8) is 0 Å². The molecule has 24 heavy (non-hydrogen) atoms. The number of hydrogen-bond acceptors (Lipinski definition) is 2. The standard InChI is InChI=1S/C21H25NO2/c1-21(24,19-10-6-3-7-11-19)16-20(23)22-14-12-18(13-15-22)17-8-4-2-5-9-17/h2-11,18,24H,12-16H2,1H3. The first-order valence-electron chi connectivity index (χ1n) is 8.67. The molecule has 0 aliphatic carbocycles. The Morgan fingerprint density at radius 1 is 1.04 bits per heavy atom. The number of carbonyl (C=O) groups is 1. The lowest BCUT2D eigenvalue weighted by atomic mass is 9.88. The molecule has 3 heteroatoms. The van der Waals surface area contributed by atoms with Crippen molar-refractivity contribution in [3.05, 3.63) is 71.8 Å². The number of nitrogens with zero attached hydrogens (tertiary/aromatic N) is 1. The first-order chi connectivity index (χ1) is 11.6. The van der Waals surface area contributed by atoms with Crippen molar-refractivity contribution in [2.45, 2.75) is 37.7 Å². The van der Waals surface area contributed by atoms with Crippen LogP contribution in [-0.4, -0.2) is 29.0 Å². The number of aliphatic hydroxyl groups is 1. The topological polar surface area (TPSA) is 40.5 Å². The van der Waals surface area contributed by atoms with Gasteiger partial charge in [-0.3, -0.25) is 4.79 Å². The quantitative estimate of drug-likeness (QED) is 0.932. The van der Waals surface area contributed by atoms with Crippen LogP contribution in [-0.2, 0) is 10.4 Å². The maximum absolute atomic E-state index is 12.6. The van der Waals surface area contributed by atoms with Crippen molar-refractivity contribution in [1.82, 2.24) is 4.90 Å². The lowest BCUT2D eigenvalue weighted by Crippen LogP contribution is -2.41. The Hall–Kier alpha value is -2.13. The third-order valence-corrected chi connectivity index (χ3v) is 5.01. The minimum absolute atomic E-state index is 0.0374. The normalized spacial score (nSPS) is 18.2. The van der Waals surface area contributed by atoms with Gasteiger partial charge in [0, 0.05) is 13.1 Å². The predicted molar refractivity (Wildman–Crippen MR) is 95.6 cm³/mol. The lowest BCUT2D eigenvalue weighted by molar-refractivity contribution is -0.137. The number of piperidine rings is 1. The molecule has 0 bridgehead atoms. The number of carbonyl (C=O) groups excluding carboxylic acids is 1. The highest BCUT2D eigenvalue weighted by molar-refractivity contribution is 5.77. The van der Waals surface area contributed by atoms with Crippen LogP contribution in [0.3, 0.4) is 0 Å². The van der Waals surface area contributed by atoms with Crippen molar-refractivity contribution in [1.29, 1.82) is 0 Å². The third kappa shape index (κ3) is 3.85. The molecule has 3 nitrogen and oxygen atoms in total. The zero-order valence-electron chi connectivity index (χ0n) is 14.2. The molecule has 1 heterocycles. The minimum Gasteiger partial charge on any atom is -0.385 e. The number of likely N-dealkylation sites (tertiary alicyclic amines) is 1. The van der Waals surface area contributed by atoms with E-state index >= 15 is 0 Å². The van der Waals surface area contributed by atoms with Crippen molar-refractivity contribution in [3.8, 4) is 0 Å². The summed E-state index contributed by atoms with van der Waals surface area (Å²) in [5.74, 6) is 0.570. The Bertz CT molecular complexity index is 659. The average Bonchev–Trinajstić information content (AvgIpc) is 2.63. The van der Waals surface area contributed by atoms with Gasteiger partial charge < -0.3 is 10.0 Å². The molecular weight excluding hydrogens is 298 g/mol. The van der Waals surface area contributed by atoms with Crippen molar-refractivity contribution in [2.75, 3.05) is 13.1 Å². The fraction of sp³-hybridized carbons (Fsp3) is 0.381. The number of rotatable bonds is 4. The van der Waals surface area contributed by atoms with E-state index in [2.05, 4.69) is 24.3 Å². The van der Waals surface area contributed by atoms with E-state index in [1.165, 1.54) is 5.56 Å². The lowest BCUT2D eigenvalue weighted by Gasteiger charge is -2.34. The molecule has 0 saturated carbocycles. The van der Waals surface area contributed by atoms with Crippen LogP contribution in [0.5, 0.6) is 0 Å². The van der Waals surface area contributed by atoms with Gasteiger partial charge >= 0.3 is 0 Å². The first-order valence-corrected chi connectivity index (χ1v) is 8.67. The molecule has 126 valence electrons. The van der Waals surface area contributed by atoms with Crippen LogP contribution in [0.2, 0.25) is 0 Å². The van der Waals surface area contributed by atoms with E-state index in [0.29, 0.717) is 5.92 Å². The van der Waals surface area contributed by atoms with Crippen LogP contribution in [0.1, 0.15) is 43.2 Å². The largest absolute Gasteiger partial charge is 0.385 e. The highest BCUT2D eigenvalue weighted by Gasteiger charge is 2.31. The van der Waals surface area contributed by atoms with Gasteiger partial charge in [-0.1, -0.05) is 60.7 Å². The Kier molecular flexibility index (Phi) is 5.00. The summed E-state index contributed by atoms with van der Waals surface area (Å²) in [5.41, 5.74) is 1.03. The molecule has 1 atom stereocenters. The molecule has 1 fully saturated rings. The van der Waals surface area contributed by atoms with Crippen LogP contribution < -0.4 is 0 Å². The molecule has 1 aliphatic rings. The molecule has 0 radical (unpaired) electrons. The number of benzene rings is 2. The molecule has 0 aromatic heterocycles. The van der Waals surface area contributed by atoms with Gasteiger partial charge in [-0.05, 0) is 36.8 Å². The molecule has 2 aromatic rings. The van der Waals surface area contributed by atoms with Crippen LogP contribution in [0.25, 0.3) is 0 Å². The van der Waals surface area contributed by atoms with Crippen LogP contribution >= 0.6 is 0 Å². The van der Waals surface area contributed by atoms with E-state index < -0.39 is 5.60 Å². The highest BCUT2D eigenvalue weighted by Crippen LogP contribution is 2.30. The highest BCUT2D eigenvalue weighted by atomic mass is 16.3. The molecule has 1 aliphatic heterocycles. The monoisotopic (exact) mass is 323 g/mol. The molecule has 2 aromatic carbocycles. The van der Waals surface area contributed by atoms with Crippen molar-refractivity contribution < 1.29 is 9.90 Å². The second-order valence-corrected chi connectivity index (χ2v) is 6.88. The summed E-state index contributed by atoms with van der Waals surface area (Å²) in [6, 6.07) is 19.9. The van der Waals surface area contributed by atoms with Gasteiger partial charge in [0.1, 0.15) is 0 Å². The summed E-state index contributed by atoms with van der Waals surface area (Å²) in [5, 5.41) is 10.7. The second-order valence-electron chi connectivity index (χ2n) is 6.88. The Morgan fingerprint density at radius 2 is 1.58 bits per heavy atom. The number of amides is 1. The summed E-state index contributed by atoms with van der Waals surface area (Å²) in [6.45, 7) is 3.25. The molecular formula is C21H25NO2. The Labute approximate surface area is 143 Å². The van der Waals surface area contributed by atoms with E-state index in [0.717, 1.165) is 31.5 Å². The minimum atomic E-state index is -1.12. The third-order valence-electron chi connectivity index (χ3n) is 5.01. The summed E-state index contributed by atoms with van der Waals surface area (Å²) in [4.78, 5) is 14.5. The SMILES string of the molecule is CC(O)(CC(=O)N1CCC(c2ccccc2)CC1)c1ccccc1. The van der Waals surface area contributed by atoms with Crippen LogP contribution in [0, 0.1) is 0 Å². The Morgan fingerprint density at radius 3 is 2.17 bits per heavy atom. The number of hydrogen-bond donors (Lipinski definition) is 1.